The van der Waals surface area contributed by atoms with Gasteiger partial charge in [0.2, 0.25) is 0 Å². The summed E-state index contributed by atoms with van der Waals surface area (Å²) in [5.41, 5.74) is 9.10. The molecular formula is C84H111N5. The molecule has 0 N–H and O–H groups in total. The lowest BCUT2D eigenvalue weighted by Crippen LogP contribution is -2.13. The van der Waals surface area contributed by atoms with Gasteiger partial charge in [0.05, 0.1) is 22.1 Å². The molecule has 0 radical (unpaired) electrons. The maximum Gasteiger partial charge on any atom is 0.0705 e. The van der Waals surface area contributed by atoms with E-state index in [-0.39, 0.29) is 18.3 Å². The molecule has 0 aliphatic heterocycles. The molecule has 5 heterocycles. The number of para-hydroxylation sites is 3. The van der Waals surface area contributed by atoms with Crippen molar-refractivity contribution in [2.75, 3.05) is 0 Å². The van der Waals surface area contributed by atoms with Gasteiger partial charge in [-0.15, -0.1) is 0 Å². The van der Waals surface area contributed by atoms with Gasteiger partial charge in [0.25, 0.3) is 0 Å². The second-order valence-electron chi connectivity index (χ2n) is 30.3. The molecule has 0 aliphatic carbocycles. The highest BCUT2D eigenvalue weighted by Crippen LogP contribution is 2.26. The van der Waals surface area contributed by atoms with Crippen LogP contribution in [0.5, 0.6) is 0 Å². The van der Waals surface area contributed by atoms with Crippen molar-refractivity contribution in [2.45, 2.75) is 171 Å². The van der Waals surface area contributed by atoms with Crippen LogP contribution in [-0.4, -0.2) is 24.9 Å². The number of pyridine rings is 5. The number of rotatable bonds is 0. The lowest BCUT2D eigenvalue weighted by Gasteiger charge is -2.19. The minimum absolute atomic E-state index is 0. The van der Waals surface area contributed by atoms with E-state index in [2.05, 4.69) is 311 Å². The highest BCUT2D eigenvalue weighted by atomic mass is 14.7. The Labute approximate surface area is 540 Å². The van der Waals surface area contributed by atoms with Gasteiger partial charge in [-0.3, -0.25) is 24.9 Å². The van der Waals surface area contributed by atoms with E-state index in [1.807, 2.05) is 116 Å². The van der Waals surface area contributed by atoms with Crippen molar-refractivity contribution in [1.29, 1.82) is 0 Å². The summed E-state index contributed by atoms with van der Waals surface area (Å²) < 4.78 is 0. The zero-order valence-electron chi connectivity index (χ0n) is 57.9. The average Bonchev–Trinajstić information content (AvgIpc) is 2.54. The molecule has 0 saturated carbocycles. The minimum atomic E-state index is 0. The van der Waals surface area contributed by atoms with Gasteiger partial charge < -0.3 is 0 Å². The van der Waals surface area contributed by atoms with Gasteiger partial charge in [-0.05, 0) is 109 Å². The maximum absolute atomic E-state index is 4.65. The highest BCUT2D eigenvalue weighted by molar-refractivity contribution is 5.83. The van der Waals surface area contributed by atoms with Crippen LogP contribution in [0.3, 0.4) is 0 Å². The van der Waals surface area contributed by atoms with E-state index in [0.717, 1.165) is 27.8 Å². The maximum atomic E-state index is 4.65. The quantitative estimate of drug-likeness (QED) is 0.151. The number of aromatic nitrogens is 5. The number of hydrogen-bond donors (Lipinski definition) is 0. The minimum Gasteiger partial charge on any atom is -0.264 e. The fraction of sp³-hybridized carbons (Fsp3) is 0.345. The SMILES string of the molecule is C.CC(C)(C)C.CC(C)(C)C.CC(C)(C)C.CC(C)(C)C.CC(C)(C)c1ccc2ccccc2n1.CC(C)(C)c1ccc2cccnc2c1.c1ccc2ccccc2c1.c1ccc2cnccc2c1.c1ccc2ncccc2c1.c1ccc2ncccc2c1. The molecule has 5 heteroatoms. The first-order chi connectivity index (χ1) is 41.0. The van der Waals surface area contributed by atoms with Crippen LogP contribution in [0.25, 0.3) is 65.2 Å². The van der Waals surface area contributed by atoms with Gasteiger partial charge in [0, 0.05) is 63.6 Å². The highest BCUT2D eigenvalue weighted by Gasteiger charge is 2.15. The third-order valence-corrected chi connectivity index (χ3v) is 11.1. The Hall–Kier alpha value is -8.15. The van der Waals surface area contributed by atoms with Crippen LogP contribution in [0.1, 0.15) is 171 Å². The lowest BCUT2D eigenvalue weighted by molar-refractivity contribution is 0.469. The van der Waals surface area contributed by atoms with Crippen LogP contribution >= 0.6 is 0 Å². The van der Waals surface area contributed by atoms with Crippen molar-refractivity contribution in [3.8, 4) is 0 Å². The normalized spacial score (nSPS) is 10.9. The van der Waals surface area contributed by atoms with Crippen molar-refractivity contribution in [1.82, 2.24) is 24.9 Å². The Morgan fingerprint density at radius 2 is 0.517 bits per heavy atom. The molecule has 0 unspecified atom stereocenters. The van der Waals surface area contributed by atoms with E-state index >= 15 is 0 Å². The topological polar surface area (TPSA) is 64.5 Å². The van der Waals surface area contributed by atoms with E-state index in [4.69, 9.17) is 0 Å². The third kappa shape index (κ3) is 36.1. The van der Waals surface area contributed by atoms with Crippen LogP contribution in [0.2, 0.25) is 0 Å². The van der Waals surface area contributed by atoms with Gasteiger partial charge in [-0.2, -0.15) is 0 Å². The zero-order chi connectivity index (χ0) is 65.6. The van der Waals surface area contributed by atoms with Crippen molar-refractivity contribution in [3.63, 3.8) is 0 Å². The van der Waals surface area contributed by atoms with Crippen LogP contribution in [0, 0.1) is 21.7 Å². The summed E-state index contributed by atoms with van der Waals surface area (Å²) in [7, 11) is 0. The molecule has 472 valence electrons. The molecule has 7 aromatic carbocycles. The summed E-state index contributed by atoms with van der Waals surface area (Å²) in [4.78, 5) is 21.4. The largest absolute Gasteiger partial charge is 0.264 e. The molecule has 12 rings (SSSR count). The van der Waals surface area contributed by atoms with Crippen molar-refractivity contribution >= 4 is 65.2 Å². The molecule has 0 atom stereocenters. The van der Waals surface area contributed by atoms with E-state index in [9.17, 15) is 0 Å². The van der Waals surface area contributed by atoms with Crippen molar-refractivity contribution in [3.05, 3.63) is 261 Å². The third-order valence-electron chi connectivity index (χ3n) is 11.1. The Kier molecular flexibility index (Phi) is 32.0. The van der Waals surface area contributed by atoms with E-state index in [0.29, 0.717) is 21.7 Å². The fourth-order valence-corrected chi connectivity index (χ4v) is 7.21. The molecule has 5 aromatic heterocycles. The number of benzene rings is 7. The van der Waals surface area contributed by atoms with Gasteiger partial charge in [-0.25, -0.2) is 0 Å². The van der Waals surface area contributed by atoms with Crippen LogP contribution in [0.15, 0.2) is 249 Å². The second kappa shape index (κ2) is 37.0. The average molecular weight is 1190 g/mol. The first-order valence-corrected chi connectivity index (χ1v) is 31.0. The summed E-state index contributed by atoms with van der Waals surface area (Å²) in [6.45, 7) is 48.2. The molecule has 0 aliphatic rings. The van der Waals surface area contributed by atoms with Crippen molar-refractivity contribution < 1.29 is 0 Å². The van der Waals surface area contributed by atoms with Gasteiger partial charge >= 0.3 is 0 Å². The summed E-state index contributed by atoms with van der Waals surface area (Å²) >= 11 is 0. The van der Waals surface area contributed by atoms with Crippen LogP contribution in [0.4, 0.5) is 0 Å². The fourth-order valence-electron chi connectivity index (χ4n) is 7.21. The molecule has 0 spiro atoms. The standard InChI is InChI=1S/2C13H15N.C10H8.3C9H7N.4C5H12.CH4/c1-13(2,3)11-7-6-10-5-4-8-14-12(10)9-11;1-13(2,3)12-9-8-10-6-4-5-7-11(10)14-12;1-2-6-10-8-4-3-7-9(10)5-1;2*1-2-6-9-8(4-1)5-3-7-10-9;1-2-4-9-7-10-6-5-8(9)3-1;4*1-5(2,3)4;/h2*4-9H,1-3H3;1-8H;3*1-7H;4*1-4H3;1H4. The predicted molar refractivity (Wildman–Crippen MR) is 397 cm³/mol. The van der Waals surface area contributed by atoms with Crippen LogP contribution in [-0.2, 0) is 10.8 Å². The lowest BCUT2D eigenvalue weighted by atomic mass is 9.86. The molecule has 12 aromatic rings. The summed E-state index contributed by atoms with van der Waals surface area (Å²) in [5.74, 6) is 0. The zero-order valence-corrected chi connectivity index (χ0v) is 57.9. The summed E-state index contributed by atoms with van der Waals surface area (Å²) in [5, 5.41) is 9.88. The molecule has 5 nitrogen and oxygen atoms in total. The Morgan fingerprint density at radius 3 is 0.865 bits per heavy atom. The van der Waals surface area contributed by atoms with Crippen molar-refractivity contribution in [2.24, 2.45) is 21.7 Å². The van der Waals surface area contributed by atoms with Crippen LogP contribution < -0.4 is 0 Å². The molecular weight excluding hydrogens is 1080 g/mol. The van der Waals surface area contributed by atoms with Gasteiger partial charge in [-0.1, -0.05) is 324 Å². The monoisotopic (exact) mass is 1190 g/mol. The van der Waals surface area contributed by atoms with E-state index < -0.39 is 0 Å². The van der Waals surface area contributed by atoms with Gasteiger partial charge in [0.15, 0.2) is 0 Å². The predicted octanol–water partition coefficient (Wildman–Crippen LogP) is 25.5. The molecule has 0 bridgehead atoms. The molecule has 0 amide bonds. The Balaban J connectivity index is 0.000000344. The molecule has 89 heavy (non-hydrogen) atoms. The van der Waals surface area contributed by atoms with E-state index in [1.165, 1.54) is 48.7 Å². The first-order valence-electron chi connectivity index (χ1n) is 31.0. The smallest absolute Gasteiger partial charge is 0.0705 e. The molecule has 0 fully saturated rings. The number of fused-ring (bicyclic) bond motifs is 6. The second-order valence-corrected chi connectivity index (χ2v) is 30.3. The summed E-state index contributed by atoms with van der Waals surface area (Å²) in [6, 6.07) is 74.1. The first kappa shape index (κ1) is 76.9. The van der Waals surface area contributed by atoms with E-state index in [1.54, 1.807) is 0 Å². The Bertz CT molecular complexity index is 3170. The number of nitrogens with zero attached hydrogens (tertiary/aromatic N) is 5. The van der Waals surface area contributed by atoms with Gasteiger partial charge in [0.1, 0.15) is 0 Å². The summed E-state index contributed by atoms with van der Waals surface area (Å²) in [6.07, 6.45) is 9.14. The Morgan fingerprint density at radius 1 is 0.236 bits per heavy atom. The molecule has 0 saturated heterocycles. The number of hydrogen-bond acceptors (Lipinski definition) is 5.